The molecule has 0 unspecified atom stereocenters. The van der Waals surface area contributed by atoms with Crippen molar-refractivity contribution in [1.29, 1.82) is 0 Å². The average molecular weight is 335 g/mol. The van der Waals surface area contributed by atoms with E-state index in [1.807, 2.05) is 13.8 Å². The highest BCUT2D eigenvalue weighted by atomic mass is 16.6. The Morgan fingerprint density at radius 3 is 2.58 bits per heavy atom. The Hall–Kier alpha value is -1.73. The second-order valence-electron chi connectivity index (χ2n) is 7.77. The van der Waals surface area contributed by atoms with E-state index in [4.69, 9.17) is 19.9 Å². The third-order valence-corrected chi connectivity index (χ3v) is 6.49. The van der Waals surface area contributed by atoms with Gasteiger partial charge in [-0.25, -0.2) is 0 Å². The Bertz CT molecular complexity index is 716. The van der Waals surface area contributed by atoms with Crippen molar-refractivity contribution < 1.29 is 28.6 Å². The molecule has 130 valence electrons. The zero-order valence-corrected chi connectivity index (χ0v) is 14.1. The Balaban J connectivity index is 1.74. The van der Waals surface area contributed by atoms with E-state index in [0.29, 0.717) is 6.42 Å². The minimum atomic E-state index is -1.28. The normalized spacial score (nSPS) is 51.3. The zero-order chi connectivity index (χ0) is 17.7. The first-order chi connectivity index (χ1) is 11.1. The van der Waals surface area contributed by atoms with Gasteiger partial charge in [0.05, 0.1) is 0 Å². The van der Waals surface area contributed by atoms with Crippen LogP contribution in [0, 0.1) is 11.3 Å². The standard InChI is InChI=1S/C17H21NO6/c1-7-11(22-8(2)19)13-12(23-13)9-5-10(20)17(6-15(7,9)3)16(4,24-17)14(18)21/h5,7,11-13H,6H2,1-4H3,(H2,18,21)/t7-,11-,12+,13-,15+,16-,17+/m0/s1. The monoisotopic (exact) mass is 335 g/mol. The molecular weight excluding hydrogens is 314 g/mol. The summed E-state index contributed by atoms with van der Waals surface area (Å²) in [5.41, 5.74) is 3.37. The smallest absolute Gasteiger partial charge is 0.303 e. The lowest BCUT2D eigenvalue weighted by atomic mass is 9.56. The fourth-order valence-electron chi connectivity index (χ4n) is 4.65. The second kappa shape index (κ2) is 4.26. The maximum absolute atomic E-state index is 12.7. The number of ketones is 1. The first-order valence-corrected chi connectivity index (χ1v) is 8.16. The van der Waals surface area contributed by atoms with E-state index in [1.165, 1.54) is 6.92 Å². The fourth-order valence-corrected chi connectivity index (χ4v) is 4.65. The molecule has 0 aromatic carbocycles. The molecule has 0 aromatic heterocycles. The van der Waals surface area contributed by atoms with Gasteiger partial charge in [-0.2, -0.15) is 0 Å². The summed E-state index contributed by atoms with van der Waals surface area (Å²) >= 11 is 0. The number of carbonyl (C=O) groups excluding carboxylic acids is 3. The molecule has 24 heavy (non-hydrogen) atoms. The third-order valence-electron chi connectivity index (χ3n) is 6.49. The van der Waals surface area contributed by atoms with Gasteiger partial charge in [0.2, 0.25) is 0 Å². The summed E-state index contributed by atoms with van der Waals surface area (Å²) < 4.78 is 16.8. The number of primary amides is 1. The largest absolute Gasteiger partial charge is 0.459 e. The number of epoxide rings is 2. The van der Waals surface area contributed by atoms with E-state index in [-0.39, 0.29) is 36.0 Å². The molecule has 2 N–H and O–H groups in total. The van der Waals surface area contributed by atoms with E-state index in [0.717, 1.165) is 5.57 Å². The number of nitrogens with two attached hydrogens (primary N) is 1. The summed E-state index contributed by atoms with van der Waals surface area (Å²) in [5, 5.41) is 0. The summed E-state index contributed by atoms with van der Waals surface area (Å²) in [5.74, 6) is -1.31. The van der Waals surface area contributed by atoms with Crippen LogP contribution in [0.5, 0.6) is 0 Å². The first kappa shape index (κ1) is 15.8. The van der Waals surface area contributed by atoms with Gasteiger partial charge in [0.15, 0.2) is 17.0 Å². The van der Waals surface area contributed by atoms with Gasteiger partial charge < -0.3 is 19.9 Å². The van der Waals surface area contributed by atoms with E-state index >= 15 is 0 Å². The van der Waals surface area contributed by atoms with Gasteiger partial charge in [0.1, 0.15) is 18.3 Å². The van der Waals surface area contributed by atoms with Crippen LogP contribution in [-0.2, 0) is 28.6 Å². The predicted octanol–water partition coefficient (Wildman–Crippen LogP) is 0.254. The molecule has 7 heteroatoms. The maximum atomic E-state index is 12.7. The molecule has 0 aromatic rings. The molecular formula is C17H21NO6. The van der Waals surface area contributed by atoms with Crippen LogP contribution in [-0.4, -0.2) is 47.2 Å². The number of carbonyl (C=O) groups is 3. The average Bonchev–Trinajstić information content (AvgIpc) is 3.36. The minimum absolute atomic E-state index is 0.0808. The van der Waals surface area contributed by atoms with Crippen molar-refractivity contribution >= 4 is 17.7 Å². The van der Waals surface area contributed by atoms with Crippen LogP contribution in [0.25, 0.3) is 0 Å². The van der Waals surface area contributed by atoms with Gasteiger partial charge in [-0.3, -0.25) is 14.4 Å². The highest BCUT2D eigenvalue weighted by Crippen LogP contribution is 2.65. The predicted molar refractivity (Wildman–Crippen MR) is 80.6 cm³/mol. The summed E-state index contributed by atoms with van der Waals surface area (Å²) in [6.07, 6.45) is 1.10. The molecule has 4 rings (SSSR count). The van der Waals surface area contributed by atoms with Crippen molar-refractivity contribution in [2.24, 2.45) is 17.1 Å². The minimum Gasteiger partial charge on any atom is -0.459 e. The van der Waals surface area contributed by atoms with Crippen molar-refractivity contribution in [2.75, 3.05) is 0 Å². The van der Waals surface area contributed by atoms with Crippen molar-refractivity contribution in [1.82, 2.24) is 0 Å². The molecule has 7 atom stereocenters. The summed E-state index contributed by atoms with van der Waals surface area (Å²) in [4.78, 5) is 35.9. The van der Waals surface area contributed by atoms with Crippen LogP contribution in [0.3, 0.4) is 0 Å². The highest BCUT2D eigenvalue weighted by Gasteiger charge is 2.79. The number of amides is 1. The van der Waals surface area contributed by atoms with Gasteiger partial charge in [0.25, 0.3) is 5.91 Å². The lowest BCUT2D eigenvalue weighted by Gasteiger charge is -2.47. The number of fused-ring (bicyclic) bond motifs is 3. The van der Waals surface area contributed by atoms with Crippen LogP contribution >= 0.6 is 0 Å². The highest BCUT2D eigenvalue weighted by molar-refractivity contribution is 6.09. The molecule has 1 spiro atoms. The SMILES string of the molecule is CC(=O)O[C@@H]1[C@@H]2O[C@@H]2C2=CC(=O)[C@@]3(C[C@]2(C)[C@H]1C)O[C@@]3(C)C(N)=O. The number of ether oxygens (including phenoxy) is 3. The zero-order valence-electron chi connectivity index (χ0n) is 14.1. The van der Waals surface area contributed by atoms with E-state index < -0.39 is 22.5 Å². The summed E-state index contributed by atoms with van der Waals surface area (Å²) in [6.45, 7) is 6.92. The van der Waals surface area contributed by atoms with Crippen LogP contribution < -0.4 is 5.73 Å². The molecule has 1 amide bonds. The van der Waals surface area contributed by atoms with Gasteiger partial charge in [0, 0.05) is 18.3 Å². The van der Waals surface area contributed by atoms with Crippen molar-refractivity contribution in [3.8, 4) is 0 Å². The maximum Gasteiger partial charge on any atom is 0.303 e. The number of rotatable bonds is 2. The van der Waals surface area contributed by atoms with Crippen LogP contribution in [0.15, 0.2) is 11.6 Å². The second-order valence-corrected chi connectivity index (χ2v) is 7.77. The Kier molecular flexibility index (Phi) is 2.80. The topological polar surface area (TPSA) is 112 Å². The lowest BCUT2D eigenvalue weighted by Crippen LogP contribution is -2.54. The fraction of sp³-hybridized carbons (Fsp3) is 0.706. The molecule has 2 aliphatic carbocycles. The molecule has 1 saturated carbocycles. The molecule has 4 aliphatic rings. The molecule has 2 aliphatic heterocycles. The Labute approximate surface area is 139 Å². The van der Waals surface area contributed by atoms with Crippen molar-refractivity contribution in [3.63, 3.8) is 0 Å². The van der Waals surface area contributed by atoms with Gasteiger partial charge in [-0.15, -0.1) is 0 Å². The van der Waals surface area contributed by atoms with E-state index in [1.54, 1.807) is 13.0 Å². The Morgan fingerprint density at radius 2 is 2.04 bits per heavy atom. The number of esters is 1. The third kappa shape index (κ3) is 1.66. The quantitative estimate of drug-likeness (QED) is 0.572. The van der Waals surface area contributed by atoms with E-state index in [9.17, 15) is 14.4 Å². The van der Waals surface area contributed by atoms with Crippen LogP contribution in [0.1, 0.15) is 34.1 Å². The number of hydrogen-bond donors (Lipinski definition) is 1. The van der Waals surface area contributed by atoms with Gasteiger partial charge >= 0.3 is 5.97 Å². The molecule has 0 bridgehead atoms. The summed E-state index contributed by atoms with van der Waals surface area (Å²) in [7, 11) is 0. The molecule has 3 fully saturated rings. The van der Waals surface area contributed by atoms with Crippen LogP contribution in [0.2, 0.25) is 0 Å². The van der Waals surface area contributed by atoms with Crippen molar-refractivity contribution in [3.05, 3.63) is 11.6 Å². The summed E-state index contributed by atoms with van der Waals surface area (Å²) in [6, 6.07) is 0. The Morgan fingerprint density at radius 1 is 1.38 bits per heavy atom. The molecule has 0 radical (unpaired) electrons. The lowest BCUT2D eigenvalue weighted by molar-refractivity contribution is -0.153. The van der Waals surface area contributed by atoms with Gasteiger partial charge in [-0.1, -0.05) is 13.8 Å². The first-order valence-electron chi connectivity index (χ1n) is 8.16. The molecule has 2 heterocycles. The van der Waals surface area contributed by atoms with Crippen LogP contribution in [0.4, 0.5) is 0 Å². The van der Waals surface area contributed by atoms with Crippen molar-refractivity contribution in [2.45, 2.75) is 63.6 Å². The number of hydrogen-bond acceptors (Lipinski definition) is 6. The van der Waals surface area contributed by atoms with Gasteiger partial charge in [-0.05, 0) is 25.0 Å². The molecule has 2 saturated heterocycles. The van der Waals surface area contributed by atoms with E-state index in [2.05, 4.69) is 0 Å². The molecule has 7 nitrogen and oxygen atoms in total.